The molecule has 1 nitrogen and oxygen atoms in total. The summed E-state index contributed by atoms with van der Waals surface area (Å²) in [6, 6.07) is 0. The zero-order valence-corrected chi connectivity index (χ0v) is 15.7. The van der Waals surface area contributed by atoms with Gasteiger partial charge in [-0.1, -0.05) is 67.2 Å². The van der Waals surface area contributed by atoms with Crippen LogP contribution in [-0.2, 0) is 0 Å². The first-order valence-electron chi connectivity index (χ1n) is 8.50. The van der Waals surface area contributed by atoms with E-state index >= 15 is 0 Å². The van der Waals surface area contributed by atoms with Crippen LogP contribution in [0.4, 0.5) is 0 Å². The monoisotopic (exact) mass is 311 g/mol. The van der Waals surface area contributed by atoms with Crippen LogP contribution < -0.4 is 0 Å². The van der Waals surface area contributed by atoms with Crippen molar-refractivity contribution in [2.75, 3.05) is 6.54 Å². The van der Waals surface area contributed by atoms with Crippen molar-refractivity contribution in [3.63, 3.8) is 0 Å². The lowest BCUT2D eigenvalue weighted by molar-refractivity contribution is 0.500. The molecule has 0 spiro atoms. The van der Waals surface area contributed by atoms with Gasteiger partial charge in [-0.2, -0.15) is 0 Å². The summed E-state index contributed by atoms with van der Waals surface area (Å²) >= 11 is 0. The van der Waals surface area contributed by atoms with Gasteiger partial charge < -0.3 is 4.90 Å². The molecule has 0 saturated heterocycles. The van der Waals surface area contributed by atoms with Crippen molar-refractivity contribution < 1.29 is 0 Å². The summed E-state index contributed by atoms with van der Waals surface area (Å²) in [6.07, 6.45) is 24.6. The Morgan fingerprint density at radius 2 is 1.43 bits per heavy atom. The highest BCUT2D eigenvalue weighted by atomic mass is 15.1. The van der Waals surface area contributed by atoms with Gasteiger partial charge in [0.1, 0.15) is 0 Å². The van der Waals surface area contributed by atoms with Gasteiger partial charge in [-0.15, -0.1) is 0 Å². The van der Waals surface area contributed by atoms with Gasteiger partial charge in [0.05, 0.1) is 0 Å². The molecule has 0 fully saturated rings. The normalized spacial score (nSPS) is 15.0. The number of rotatable bonds is 9. The van der Waals surface area contributed by atoms with E-state index in [0.29, 0.717) is 0 Å². The third-order valence-corrected chi connectivity index (χ3v) is 3.44. The lowest BCUT2D eigenvalue weighted by Gasteiger charge is -2.26. The maximum atomic E-state index is 2.33. The van der Waals surface area contributed by atoms with Crippen molar-refractivity contribution in [2.24, 2.45) is 0 Å². The second kappa shape index (κ2) is 13.6. The van der Waals surface area contributed by atoms with Crippen molar-refractivity contribution in [3.8, 4) is 0 Å². The Morgan fingerprint density at radius 1 is 0.783 bits per heavy atom. The molecule has 0 aromatic carbocycles. The third-order valence-electron chi connectivity index (χ3n) is 3.44. The topological polar surface area (TPSA) is 3.24 Å². The minimum absolute atomic E-state index is 0.844. The summed E-state index contributed by atoms with van der Waals surface area (Å²) in [5.41, 5.74) is 3.68. The first-order valence-corrected chi connectivity index (χ1v) is 8.50. The summed E-state index contributed by atoms with van der Waals surface area (Å²) in [5, 5.41) is 0. The van der Waals surface area contributed by atoms with E-state index in [1.807, 2.05) is 13.0 Å². The Morgan fingerprint density at radius 3 is 1.96 bits per heavy atom. The highest BCUT2D eigenvalue weighted by Gasteiger charge is 2.08. The van der Waals surface area contributed by atoms with Crippen molar-refractivity contribution in [1.82, 2.24) is 4.90 Å². The largest absolute Gasteiger partial charge is 0.338 e. The lowest BCUT2D eigenvalue weighted by Crippen LogP contribution is -2.21. The Labute approximate surface area is 143 Å². The molecule has 1 heteroatoms. The predicted octanol–water partition coefficient (Wildman–Crippen LogP) is 6.72. The van der Waals surface area contributed by atoms with Crippen LogP contribution in [0.5, 0.6) is 0 Å². The molecule has 0 heterocycles. The summed E-state index contributed by atoms with van der Waals surface area (Å²) in [6.45, 7) is 13.4. The van der Waals surface area contributed by atoms with Crippen LogP contribution in [0, 0.1) is 0 Å². The summed E-state index contributed by atoms with van der Waals surface area (Å²) in [5.74, 6) is 0. The minimum Gasteiger partial charge on any atom is -0.338 e. The highest BCUT2D eigenvalue weighted by molar-refractivity contribution is 5.32. The molecule has 126 valence electrons. The molecular weight excluding hydrogens is 278 g/mol. The van der Waals surface area contributed by atoms with Gasteiger partial charge in [-0.3, -0.25) is 0 Å². The maximum Gasteiger partial charge on any atom is 0.0414 e. The fourth-order valence-corrected chi connectivity index (χ4v) is 1.95. The molecule has 0 amide bonds. The van der Waals surface area contributed by atoms with Crippen molar-refractivity contribution in [2.45, 2.75) is 48.0 Å². The van der Waals surface area contributed by atoms with E-state index in [-0.39, 0.29) is 0 Å². The standard InChI is InChI=1S/C22H33N/c1-7-12-14-15-19-23(21(10-4)16-13-8-2)22(11-5)18-17-20(6)9-3/h7,9-18H,8,19H2,1-6H3/b12-7-,15-14-,16-13-,18-17-,20-9-,21-10+,22-11+. The van der Waals surface area contributed by atoms with Crippen molar-refractivity contribution in [1.29, 1.82) is 0 Å². The Kier molecular flexibility index (Phi) is 12.4. The molecular formula is C22H33N. The van der Waals surface area contributed by atoms with Crippen LogP contribution in [0.2, 0.25) is 0 Å². The smallest absolute Gasteiger partial charge is 0.0414 e. The van der Waals surface area contributed by atoms with Crippen LogP contribution in [0.1, 0.15) is 48.0 Å². The molecule has 23 heavy (non-hydrogen) atoms. The number of nitrogens with zero attached hydrogens (tertiary/aromatic N) is 1. The number of hydrogen-bond acceptors (Lipinski definition) is 1. The number of hydrogen-bond donors (Lipinski definition) is 0. The van der Waals surface area contributed by atoms with Crippen LogP contribution in [0.25, 0.3) is 0 Å². The van der Waals surface area contributed by atoms with E-state index < -0.39 is 0 Å². The van der Waals surface area contributed by atoms with Gasteiger partial charge in [0.15, 0.2) is 0 Å². The zero-order chi connectivity index (χ0) is 17.5. The second-order valence-electron chi connectivity index (χ2n) is 5.17. The molecule has 0 aliphatic heterocycles. The Bertz CT molecular complexity index is 522. The van der Waals surface area contributed by atoms with Gasteiger partial charge >= 0.3 is 0 Å². The summed E-state index contributed by atoms with van der Waals surface area (Å²) < 4.78 is 0. The first-order chi connectivity index (χ1) is 11.1. The van der Waals surface area contributed by atoms with Crippen LogP contribution in [-0.4, -0.2) is 11.4 Å². The fourth-order valence-electron chi connectivity index (χ4n) is 1.95. The summed E-state index contributed by atoms with van der Waals surface area (Å²) in [4.78, 5) is 2.33. The Hall–Kier alpha value is -2.02. The number of allylic oxidation sites excluding steroid dienone is 11. The van der Waals surface area contributed by atoms with E-state index in [1.165, 1.54) is 17.0 Å². The minimum atomic E-state index is 0.844. The first kappa shape index (κ1) is 21.0. The van der Waals surface area contributed by atoms with Crippen LogP contribution in [0.3, 0.4) is 0 Å². The molecule has 0 atom stereocenters. The SMILES string of the molecule is C/C=C\C=C/CN(C(/C=C\CC)=C/C)C(/C=C\C(C)=C/C)=C/C. The fraction of sp³-hybridized carbons (Fsp3) is 0.364. The van der Waals surface area contributed by atoms with E-state index in [9.17, 15) is 0 Å². The lowest BCUT2D eigenvalue weighted by atomic mass is 10.2. The molecule has 0 bridgehead atoms. The quantitative estimate of drug-likeness (QED) is 0.427. The zero-order valence-electron chi connectivity index (χ0n) is 15.7. The maximum absolute atomic E-state index is 2.33. The van der Waals surface area contributed by atoms with E-state index in [1.54, 1.807) is 0 Å². The Balaban J connectivity index is 5.52. The molecule has 0 saturated carbocycles. The van der Waals surface area contributed by atoms with E-state index in [0.717, 1.165) is 13.0 Å². The molecule has 0 rings (SSSR count). The van der Waals surface area contributed by atoms with Crippen molar-refractivity contribution in [3.05, 3.63) is 83.8 Å². The van der Waals surface area contributed by atoms with Gasteiger partial charge in [0.25, 0.3) is 0 Å². The highest BCUT2D eigenvalue weighted by Crippen LogP contribution is 2.17. The van der Waals surface area contributed by atoms with E-state index in [2.05, 4.69) is 100 Å². The van der Waals surface area contributed by atoms with Crippen LogP contribution in [0.15, 0.2) is 83.8 Å². The summed E-state index contributed by atoms with van der Waals surface area (Å²) in [7, 11) is 0. The average molecular weight is 312 g/mol. The third kappa shape index (κ3) is 8.87. The molecule has 0 unspecified atom stereocenters. The molecule has 0 aliphatic carbocycles. The predicted molar refractivity (Wildman–Crippen MR) is 106 cm³/mol. The average Bonchev–Trinajstić information content (AvgIpc) is 2.58. The molecule has 0 N–H and O–H groups in total. The molecule has 0 aromatic heterocycles. The molecule has 0 aliphatic rings. The van der Waals surface area contributed by atoms with Gasteiger partial charge in [0.2, 0.25) is 0 Å². The second-order valence-corrected chi connectivity index (χ2v) is 5.17. The van der Waals surface area contributed by atoms with Gasteiger partial charge in [0, 0.05) is 17.9 Å². The molecule has 0 radical (unpaired) electrons. The van der Waals surface area contributed by atoms with Gasteiger partial charge in [-0.25, -0.2) is 0 Å². The van der Waals surface area contributed by atoms with E-state index in [4.69, 9.17) is 0 Å². The van der Waals surface area contributed by atoms with Crippen LogP contribution >= 0.6 is 0 Å². The molecule has 0 aromatic rings. The van der Waals surface area contributed by atoms with Gasteiger partial charge in [-0.05, 0) is 53.2 Å². The van der Waals surface area contributed by atoms with Crippen molar-refractivity contribution >= 4 is 0 Å².